The van der Waals surface area contributed by atoms with Crippen LogP contribution in [0, 0.1) is 24.1 Å². The van der Waals surface area contributed by atoms with Crippen LogP contribution in [0.2, 0.25) is 0 Å². The molecular formula is C21H13FN4O2S. The van der Waals surface area contributed by atoms with Crippen molar-refractivity contribution >= 4 is 35.0 Å². The van der Waals surface area contributed by atoms with E-state index in [0.29, 0.717) is 27.3 Å². The lowest BCUT2D eigenvalue weighted by Crippen LogP contribution is -2.03. The third-order valence-corrected chi connectivity index (χ3v) is 4.97. The Morgan fingerprint density at radius 3 is 2.55 bits per heavy atom. The maximum atomic E-state index is 14.3. The second-order valence-electron chi connectivity index (χ2n) is 6.35. The van der Waals surface area contributed by atoms with Crippen LogP contribution < -0.4 is 0 Å². The predicted octanol–water partition coefficient (Wildman–Crippen LogP) is 5.24. The number of nitrogens with zero attached hydrogens (tertiary/aromatic N) is 4. The molecule has 0 fully saturated rings. The largest absolute Gasteiger partial charge is 0.478 e. The average molecular weight is 404 g/mol. The number of carboxylic acids is 1. The Hall–Kier alpha value is -3.83. The van der Waals surface area contributed by atoms with Crippen molar-refractivity contribution in [3.63, 3.8) is 0 Å². The number of pyridine rings is 1. The molecule has 0 atom stereocenters. The van der Waals surface area contributed by atoms with Crippen LogP contribution in [0.3, 0.4) is 0 Å². The number of carboxylic acid groups (broad SMARTS) is 1. The zero-order valence-electron chi connectivity index (χ0n) is 15.1. The van der Waals surface area contributed by atoms with E-state index in [4.69, 9.17) is 23.9 Å². The van der Waals surface area contributed by atoms with E-state index in [2.05, 4.69) is 9.83 Å². The van der Waals surface area contributed by atoms with E-state index in [9.17, 15) is 9.18 Å². The Morgan fingerprint density at radius 1 is 1.17 bits per heavy atom. The number of hydrogen-bond donors (Lipinski definition) is 1. The highest BCUT2D eigenvalue weighted by atomic mass is 32.1. The molecule has 4 aromatic rings. The molecule has 0 aliphatic rings. The Bertz CT molecular complexity index is 1400. The molecule has 0 aliphatic carbocycles. The second-order valence-corrected chi connectivity index (χ2v) is 6.72. The second kappa shape index (κ2) is 6.96. The molecule has 142 valence electrons. The van der Waals surface area contributed by atoms with Crippen LogP contribution in [-0.2, 0) is 0 Å². The van der Waals surface area contributed by atoms with Crippen molar-refractivity contribution in [3.05, 3.63) is 87.9 Å². The number of hydrogen-bond acceptors (Lipinski definition) is 3. The number of imidazole rings is 1. The zero-order chi connectivity index (χ0) is 20.7. The monoisotopic (exact) mass is 404 g/mol. The molecule has 0 aliphatic heterocycles. The van der Waals surface area contributed by atoms with Crippen molar-refractivity contribution in [3.8, 4) is 11.4 Å². The van der Waals surface area contributed by atoms with Gasteiger partial charge in [0.15, 0.2) is 16.1 Å². The fourth-order valence-electron chi connectivity index (χ4n) is 3.23. The van der Waals surface area contributed by atoms with E-state index in [-0.39, 0.29) is 0 Å². The summed E-state index contributed by atoms with van der Waals surface area (Å²) in [7, 11) is 0. The van der Waals surface area contributed by atoms with Crippen LogP contribution in [0.15, 0.2) is 54.7 Å². The van der Waals surface area contributed by atoms with Crippen molar-refractivity contribution < 1.29 is 14.3 Å². The molecule has 0 bridgehead atoms. The normalized spacial score (nSPS) is 10.8. The number of aromatic nitrogens is 3. The molecule has 2 heterocycles. The molecule has 0 spiro atoms. The van der Waals surface area contributed by atoms with Gasteiger partial charge in [0.25, 0.3) is 0 Å². The van der Waals surface area contributed by atoms with Gasteiger partial charge < -0.3 is 5.11 Å². The summed E-state index contributed by atoms with van der Waals surface area (Å²) in [6.07, 6.45) is 1.63. The van der Waals surface area contributed by atoms with E-state index < -0.39 is 17.3 Å². The number of fused-ring (bicyclic) bond motifs is 1. The van der Waals surface area contributed by atoms with Crippen LogP contribution >= 0.6 is 12.2 Å². The fourth-order valence-corrected chi connectivity index (χ4v) is 3.63. The highest BCUT2D eigenvalue weighted by Gasteiger charge is 2.17. The van der Waals surface area contributed by atoms with Gasteiger partial charge in [0.1, 0.15) is 5.82 Å². The van der Waals surface area contributed by atoms with E-state index >= 15 is 0 Å². The smallest absolute Gasteiger partial charge is 0.338 e. The Balaban J connectivity index is 2.01. The number of aromatic carboxylic acids is 1. The highest BCUT2D eigenvalue weighted by molar-refractivity contribution is 7.71. The molecule has 0 saturated carbocycles. The van der Waals surface area contributed by atoms with Gasteiger partial charge in [-0.15, -0.1) is 0 Å². The molecule has 1 N–H and O–H groups in total. The van der Waals surface area contributed by atoms with Crippen molar-refractivity contribution in [1.29, 1.82) is 0 Å². The molecule has 0 saturated heterocycles. The Morgan fingerprint density at radius 2 is 1.90 bits per heavy atom. The van der Waals surface area contributed by atoms with Crippen LogP contribution in [0.25, 0.3) is 27.4 Å². The maximum absolute atomic E-state index is 14.3. The van der Waals surface area contributed by atoms with Gasteiger partial charge in [-0.2, -0.15) is 0 Å². The summed E-state index contributed by atoms with van der Waals surface area (Å²) in [4.78, 5) is 19.0. The summed E-state index contributed by atoms with van der Waals surface area (Å²) >= 11 is 5.68. The molecule has 2 aromatic carbocycles. The highest BCUT2D eigenvalue weighted by Crippen LogP contribution is 2.28. The van der Waals surface area contributed by atoms with Gasteiger partial charge in [-0.3, -0.25) is 9.13 Å². The van der Waals surface area contributed by atoms with Crippen molar-refractivity contribution in [2.75, 3.05) is 0 Å². The van der Waals surface area contributed by atoms with Gasteiger partial charge in [-0.25, -0.2) is 19.0 Å². The van der Waals surface area contributed by atoms with E-state index in [1.165, 1.54) is 12.1 Å². The summed E-state index contributed by atoms with van der Waals surface area (Å²) in [5.74, 6) is -2.18. The van der Waals surface area contributed by atoms with Gasteiger partial charge in [0.05, 0.1) is 23.3 Å². The molecule has 29 heavy (non-hydrogen) atoms. The predicted molar refractivity (Wildman–Crippen MR) is 109 cm³/mol. The third kappa shape index (κ3) is 2.98. The fraction of sp³-hybridized carbons (Fsp3) is 0.0476. The number of halogens is 1. The topological polar surface area (TPSA) is 64.4 Å². The summed E-state index contributed by atoms with van der Waals surface area (Å²) in [5, 5.41) is 9.07. The van der Waals surface area contributed by atoms with E-state index in [1.54, 1.807) is 39.6 Å². The molecule has 4 rings (SSSR count). The van der Waals surface area contributed by atoms with E-state index in [0.717, 1.165) is 17.3 Å². The van der Waals surface area contributed by atoms with E-state index in [1.807, 2.05) is 13.0 Å². The molecule has 0 unspecified atom stereocenters. The first-order valence-corrected chi connectivity index (χ1v) is 8.93. The molecule has 0 radical (unpaired) electrons. The summed E-state index contributed by atoms with van der Waals surface area (Å²) in [6, 6.07) is 12.7. The van der Waals surface area contributed by atoms with Crippen molar-refractivity contribution in [1.82, 2.24) is 14.1 Å². The first-order chi connectivity index (χ1) is 13.9. The quantitative estimate of drug-likeness (QED) is 0.375. The molecule has 8 heteroatoms. The summed E-state index contributed by atoms with van der Waals surface area (Å²) in [6.45, 7) is 9.06. The lowest BCUT2D eigenvalue weighted by molar-refractivity contribution is 0.0692. The van der Waals surface area contributed by atoms with Crippen LogP contribution in [0.4, 0.5) is 10.1 Å². The minimum atomic E-state index is -1.34. The first kappa shape index (κ1) is 18.5. The number of carbonyl (C=O) groups is 1. The summed E-state index contributed by atoms with van der Waals surface area (Å²) < 4.78 is 18.0. The van der Waals surface area contributed by atoms with Gasteiger partial charge in [0, 0.05) is 11.9 Å². The standard InChI is InChI=1S/C21H13FN4O2S/c1-12-10-13(6-8-17(12)23-2)26-19-18(4-3-9-24-19)25(21(26)29)14-5-7-15(20(27)28)16(22)11-14/h3-11H,1H3,(H,27,28). The van der Waals surface area contributed by atoms with Crippen LogP contribution in [0.5, 0.6) is 0 Å². The van der Waals surface area contributed by atoms with Gasteiger partial charge >= 0.3 is 5.97 Å². The zero-order valence-corrected chi connectivity index (χ0v) is 15.9. The van der Waals surface area contributed by atoms with Gasteiger partial charge in [0.2, 0.25) is 0 Å². The Labute approximate surface area is 169 Å². The summed E-state index contributed by atoms with van der Waals surface area (Å²) in [5.41, 5.74) is 3.26. The van der Waals surface area contributed by atoms with Gasteiger partial charge in [-0.1, -0.05) is 6.07 Å². The lowest BCUT2D eigenvalue weighted by Gasteiger charge is -2.07. The third-order valence-electron chi connectivity index (χ3n) is 4.60. The molecule has 0 amide bonds. The molecular weight excluding hydrogens is 391 g/mol. The Kier molecular flexibility index (Phi) is 4.45. The van der Waals surface area contributed by atoms with Gasteiger partial charge in [-0.05, 0) is 67.2 Å². The molecule has 6 nitrogen and oxygen atoms in total. The lowest BCUT2D eigenvalue weighted by atomic mass is 10.2. The number of rotatable bonds is 3. The van der Waals surface area contributed by atoms with Crippen LogP contribution in [-0.4, -0.2) is 25.2 Å². The van der Waals surface area contributed by atoms with Crippen molar-refractivity contribution in [2.24, 2.45) is 0 Å². The molecule has 2 aromatic heterocycles. The maximum Gasteiger partial charge on any atom is 0.338 e. The number of aryl methyl sites for hydroxylation is 1. The minimum Gasteiger partial charge on any atom is -0.478 e. The van der Waals surface area contributed by atoms with Crippen molar-refractivity contribution in [2.45, 2.75) is 6.92 Å². The number of benzene rings is 2. The first-order valence-electron chi connectivity index (χ1n) is 8.52. The SMILES string of the molecule is [C-]#[N+]c1ccc(-n2c(=S)n(-c3ccc(C(=O)O)c(F)c3)c3cccnc32)cc1C. The van der Waals surface area contributed by atoms with Crippen LogP contribution in [0.1, 0.15) is 15.9 Å². The minimum absolute atomic E-state index is 0.344. The average Bonchev–Trinajstić information content (AvgIpc) is 2.99.